The van der Waals surface area contributed by atoms with E-state index in [1.54, 1.807) is 22.5 Å². The van der Waals surface area contributed by atoms with Gasteiger partial charge in [0.1, 0.15) is 12.0 Å². The molecule has 2 saturated heterocycles. The second-order valence-corrected chi connectivity index (χ2v) is 8.45. The number of anilines is 2. The zero-order chi connectivity index (χ0) is 20.1. The van der Waals surface area contributed by atoms with Gasteiger partial charge in [-0.1, -0.05) is 36.4 Å². The van der Waals surface area contributed by atoms with Crippen molar-refractivity contribution in [2.24, 2.45) is 5.92 Å². The maximum absolute atomic E-state index is 13.5. The summed E-state index contributed by atoms with van der Waals surface area (Å²) in [5, 5.41) is 3.75. The van der Waals surface area contributed by atoms with Crippen LogP contribution in [-0.2, 0) is 14.4 Å². The van der Waals surface area contributed by atoms with Crippen LogP contribution in [0.2, 0.25) is 0 Å². The molecule has 1 aromatic heterocycles. The quantitative estimate of drug-likeness (QED) is 0.607. The summed E-state index contributed by atoms with van der Waals surface area (Å²) in [6, 6.07) is 18.9. The predicted molar refractivity (Wildman–Crippen MR) is 113 cm³/mol. The van der Waals surface area contributed by atoms with E-state index in [4.69, 9.17) is 4.84 Å². The number of aryl methyl sites for hydroxylation is 2. The third kappa shape index (κ3) is 2.79. The van der Waals surface area contributed by atoms with E-state index in [1.165, 1.54) is 4.90 Å². The number of hydrogen-bond acceptors (Lipinski definition) is 5. The minimum atomic E-state index is -0.824. The average Bonchev–Trinajstić information content (AvgIpc) is 3.40. The van der Waals surface area contributed by atoms with E-state index < -0.39 is 12.0 Å². The number of fused-ring (bicyclic) bond motifs is 1. The molecule has 2 aliphatic rings. The minimum absolute atomic E-state index is 0.208. The van der Waals surface area contributed by atoms with Crippen LogP contribution in [0.25, 0.3) is 0 Å². The highest BCUT2D eigenvalue weighted by Crippen LogP contribution is 2.49. The van der Waals surface area contributed by atoms with Crippen molar-refractivity contribution in [1.29, 1.82) is 0 Å². The van der Waals surface area contributed by atoms with Crippen molar-refractivity contribution in [3.63, 3.8) is 0 Å². The van der Waals surface area contributed by atoms with E-state index in [1.807, 2.05) is 73.8 Å². The van der Waals surface area contributed by atoms with Crippen LogP contribution in [0.1, 0.15) is 22.0 Å². The second-order valence-electron chi connectivity index (χ2n) is 7.48. The molecule has 3 aromatic rings. The van der Waals surface area contributed by atoms with Gasteiger partial charge in [-0.15, -0.1) is 11.3 Å². The molecule has 0 saturated carbocycles. The topological polar surface area (TPSA) is 49.9 Å². The number of imide groups is 1. The molecule has 29 heavy (non-hydrogen) atoms. The van der Waals surface area contributed by atoms with E-state index in [9.17, 15) is 9.59 Å². The number of benzene rings is 2. The maximum atomic E-state index is 13.5. The van der Waals surface area contributed by atoms with Gasteiger partial charge >= 0.3 is 0 Å². The lowest BCUT2D eigenvalue weighted by Crippen LogP contribution is -2.37. The van der Waals surface area contributed by atoms with Gasteiger partial charge < -0.3 is 0 Å². The molecule has 2 aromatic carbocycles. The molecule has 6 heteroatoms. The van der Waals surface area contributed by atoms with Crippen LogP contribution < -0.4 is 9.96 Å². The second kappa shape index (κ2) is 6.83. The van der Waals surface area contributed by atoms with Crippen LogP contribution in [0.15, 0.2) is 66.0 Å². The summed E-state index contributed by atoms with van der Waals surface area (Å²) in [6.45, 7) is 3.95. The molecular weight excluding hydrogens is 384 g/mol. The summed E-state index contributed by atoms with van der Waals surface area (Å²) in [5.74, 6) is -1.09. The van der Waals surface area contributed by atoms with Crippen LogP contribution in [0, 0.1) is 19.8 Å². The zero-order valence-corrected chi connectivity index (χ0v) is 16.9. The van der Waals surface area contributed by atoms with Crippen molar-refractivity contribution in [2.45, 2.75) is 26.0 Å². The van der Waals surface area contributed by atoms with Gasteiger partial charge in [0.15, 0.2) is 6.10 Å². The molecule has 5 rings (SSSR count). The maximum Gasteiger partial charge on any atom is 0.266 e. The van der Waals surface area contributed by atoms with Gasteiger partial charge in [-0.05, 0) is 54.6 Å². The first kappa shape index (κ1) is 18.1. The van der Waals surface area contributed by atoms with Gasteiger partial charge in [-0.3, -0.25) is 14.4 Å². The Labute approximate surface area is 173 Å². The lowest BCUT2D eigenvalue weighted by Gasteiger charge is -2.29. The summed E-state index contributed by atoms with van der Waals surface area (Å²) >= 11 is 1.57. The van der Waals surface area contributed by atoms with Gasteiger partial charge in [0.05, 0.1) is 11.4 Å². The monoisotopic (exact) mass is 404 g/mol. The Morgan fingerprint density at radius 3 is 2.48 bits per heavy atom. The first-order chi connectivity index (χ1) is 14.1. The van der Waals surface area contributed by atoms with Crippen LogP contribution in [0.4, 0.5) is 11.4 Å². The normalized spacial score (nSPS) is 23.7. The molecule has 0 spiro atoms. The van der Waals surface area contributed by atoms with Crippen molar-refractivity contribution >= 4 is 34.5 Å². The molecule has 0 unspecified atom stereocenters. The highest BCUT2D eigenvalue weighted by molar-refractivity contribution is 7.10. The Balaban J connectivity index is 1.59. The van der Waals surface area contributed by atoms with E-state index in [0.717, 1.165) is 21.7 Å². The lowest BCUT2D eigenvalue weighted by atomic mass is 9.95. The van der Waals surface area contributed by atoms with Gasteiger partial charge in [-0.25, -0.2) is 9.96 Å². The molecule has 2 amide bonds. The number of carbonyl (C=O) groups excluding carboxylic acids is 2. The van der Waals surface area contributed by atoms with Gasteiger partial charge in [-0.2, -0.15) is 0 Å². The fraction of sp³-hybridized carbons (Fsp3) is 0.217. The predicted octanol–water partition coefficient (Wildman–Crippen LogP) is 4.42. The van der Waals surface area contributed by atoms with Crippen LogP contribution >= 0.6 is 11.3 Å². The molecule has 0 radical (unpaired) electrons. The molecule has 0 bridgehead atoms. The number of thiophene rings is 1. The fourth-order valence-corrected chi connectivity index (χ4v) is 5.06. The molecule has 3 heterocycles. The number of hydroxylamine groups is 1. The molecule has 3 atom stereocenters. The highest BCUT2D eigenvalue weighted by Gasteiger charge is 2.60. The van der Waals surface area contributed by atoms with E-state index >= 15 is 0 Å². The summed E-state index contributed by atoms with van der Waals surface area (Å²) < 4.78 is 0. The molecule has 5 nitrogen and oxygen atoms in total. The van der Waals surface area contributed by atoms with E-state index in [-0.39, 0.29) is 17.9 Å². The first-order valence-corrected chi connectivity index (χ1v) is 10.4. The lowest BCUT2D eigenvalue weighted by molar-refractivity contribution is -0.126. The summed E-state index contributed by atoms with van der Waals surface area (Å²) in [6.07, 6.45) is -0.824. The molecule has 2 fully saturated rings. The Hall–Kier alpha value is -2.96. The Morgan fingerprint density at radius 2 is 1.76 bits per heavy atom. The Kier molecular flexibility index (Phi) is 4.26. The summed E-state index contributed by atoms with van der Waals surface area (Å²) in [7, 11) is 0. The molecule has 0 N–H and O–H groups in total. The molecule has 0 aliphatic carbocycles. The summed E-state index contributed by atoms with van der Waals surface area (Å²) in [5.41, 5.74) is 3.51. The first-order valence-electron chi connectivity index (χ1n) is 9.56. The summed E-state index contributed by atoms with van der Waals surface area (Å²) in [4.78, 5) is 35.2. The highest BCUT2D eigenvalue weighted by atomic mass is 32.1. The van der Waals surface area contributed by atoms with Crippen LogP contribution in [0.5, 0.6) is 0 Å². The number of nitrogens with zero attached hydrogens (tertiary/aromatic N) is 2. The van der Waals surface area contributed by atoms with Crippen LogP contribution in [-0.4, -0.2) is 17.9 Å². The molecular formula is C23H20N2O3S. The Morgan fingerprint density at radius 1 is 0.931 bits per heavy atom. The third-order valence-electron chi connectivity index (χ3n) is 5.56. The number of carbonyl (C=O) groups is 2. The largest absolute Gasteiger partial charge is 0.273 e. The van der Waals surface area contributed by atoms with Crippen molar-refractivity contribution in [3.8, 4) is 0 Å². The zero-order valence-electron chi connectivity index (χ0n) is 16.1. The third-order valence-corrected chi connectivity index (χ3v) is 6.51. The SMILES string of the molecule is Cc1cccc(N2C(=O)[C@H]3[C@@H](c4cccs4)N(c4ccccc4C)O[C@H]3C2=O)c1. The van der Waals surface area contributed by atoms with Gasteiger partial charge in [0.25, 0.3) is 5.91 Å². The van der Waals surface area contributed by atoms with Crippen molar-refractivity contribution in [3.05, 3.63) is 82.0 Å². The number of amides is 2. The van der Waals surface area contributed by atoms with Crippen LogP contribution in [0.3, 0.4) is 0 Å². The minimum Gasteiger partial charge on any atom is -0.273 e. The van der Waals surface area contributed by atoms with Crippen molar-refractivity contribution in [2.75, 3.05) is 9.96 Å². The van der Waals surface area contributed by atoms with Crippen molar-refractivity contribution < 1.29 is 14.4 Å². The fourth-order valence-electron chi connectivity index (χ4n) is 4.20. The number of para-hydroxylation sites is 1. The van der Waals surface area contributed by atoms with Crippen molar-refractivity contribution in [1.82, 2.24) is 0 Å². The average molecular weight is 404 g/mol. The smallest absolute Gasteiger partial charge is 0.266 e. The standard InChI is InChI=1S/C23H20N2O3S/c1-14-7-5-9-16(13-14)24-22(26)19-20(18-11-6-12-29-18)25(28-21(19)23(24)27)17-10-4-3-8-15(17)2/h3-13,19-21H,1-2H3/t19-,20+,21+/m0/s1. The van der Waals surface area contributed by atoms with Gasteiger partial charge in [0, 0.05) is 4.88 Å². The molecule has 2 aliphatic heterocycles. The number of rotatable bonds is 3. The van der Waals surface area contributed by atoms with Gasteiger partial charge in [0.2, 0.25) is 5.91 Å². The van der Waals surface area contributed by atoms with E-state index in [0.29, 0.717) is 5.69 Å². The number of hydrogen-bond donors (Lipinski definition) is 0. The Bertz CT molecular complexity index is 1100. The van der Waals surface area contributed by atoms with E-state index in [2.05, 4.69) is 0 Å². The molecule has 146 valence electrons.